The minimum absolute atomic E-state index is 0.00497. The third-order valence-corrected chi connectivity index (χ3v) is 4.36. The van der Waals surface area contributed by atoms with Crippen molar-refractivity contribution in [2.75, 3.05) is 0 Å². The van der Waals surface area contributed by atoms with E-state index in [1.807, 2.05) is 0 Å². The Morgan fingerprint density at radius 1 is 1.22 bits per heavy atom. The summed E-state index contributed by atoms with van der Waals surface area (Å²) in [5.74, 6) is -3.92. The van der Waals surface area contributed by atoms with Crippen LogP contribution >= 0.6 is 0 Å². The molecule has 0 saturated heterocycles. The van der Waals surface area contributed by atoms with Crippen molar-refractivity contribution < 1.29 is 27.9 Å². The summed E-state index contributed by atoms with van der Waals surface area (Å²) in [5.41, 5.74) is -0.00828. The van der Waals surface area contributed by atoms with Crippen LogP contribution in [0.15, 0.2) is 42.6 Å². The van der Waals surface area contributed by atoms with E-state index in [-0.39, 0.29) is 27.3 Å². The molecular weight excluding hydrogens is 363 g/mol. The number of benzene rings is 1. The van der Waals surface area contributed by atoms with Crippen LogP contribution in [-0.4, -0.2) is 39.6 Å². The predicted octanol–water partition coefficient (Wildman–Crippen LogP) is 2.88. The molecule has 3 atom stereocenters. The SMILES string of the molecule is N#Cc1ccc(C2C(C(=O)O)c3ccccc3C(=O)N2C(F)C(F)F)cn1. The number of halogens is 3. The van der Waals surface area contributed by atoms with Crippen molar-refractivity contribution in [1.82, 2.24) is 9.88 Å². The van der Waals surface area contributed by atoms with Gasteiger partial charge in [0.2, 0.25) is 6.30 Å². The van der Waals surface area contributed by atoms with Crippen LogP contribution in [0.25, 0.3) is 0 Å². The zero-order valence-electron chi connectivity index (χ0n) is 13.6. The van der Waals surface area contributed by atoms with Gasteiger partial charge in [-0.3, -0.25) is 14.5 Å². The highest BCUT2D eigenvalue weighted by Crippen LogP contribution is 2.44. The lowest BCUT2D eigenvalue weighted by atomic mass is 9.80. The first-order valence-electron chi connectivity index (χ1n) is 7.79. The number of aliphatic carboxylic acids is 1. The van der Waals surface area contributed by atoms with Crippen molar-refractivity contribution in [2.24, 2.45) is 0 Å². The molecule has 1 amide bonds. The number of carbonyl (C=O) groups is 2. The Balaban J connectivity index is 2.24. The van der Waals surface area contributed by atoms with Crippen LogP contribution in [0, 0.1) is 11.3 Å². The number of carbonyl (C=O) groups excluding carboxylic acids is 1. The van der Waals surface area contributed by atoms with Crippen molar-refractivity contribution in [2.45, 2.75) is 24.7 Å². The molecule has 27 heavy (non-hydrogen) atoms. The third kappa shape index (κ3) is 3.10. The molecule has 0 spiro atoms. The molecule has 3 unspecified atom stereocenters. The van der Waals surface area contributed by atoms with Crippen molar-refractivity contribution >= 4 is 11.9 Å². The van der Waals surface area contributed by atoms with E-state index < -0.39 is 36.6 Å². The topological polar surface area (TPSA) is 94.3 Å². The molecule has 9 heteroatoms. The van der Waals surface area contributed by atoms with E-state index in [4.69, 9.17) is 5.26 Å². The first-order chi connectivity index (χ1) is 12.9. The zero-order chi connectivity index (χ0) is 19.7. The van der Waals surface area contributed by atoms with E-state index in [0.717, 1.165) is 6.20 Å². The summed E-state index contributed by atoms with van der Waals surface area (Å²) < 4.78 is 40.6. The van der Waals surface area contributed by atoms with E-state index in [2.05, 4.69) is 4.98 Å². The van der Waals surface area contributed by atoms with E-state index in [1.165, 1.54) is 36.4 Å². The van der Waals surface area contributed by atoms with Crippen LogP contribution in [0.3, 0.4) is 0 Å². The molecule has 6 nitrogen and oxygen atoms in total. The Bertz CT molecular complexity index is 927. The lowest BCUT2D eigenvalue weighted by Gasteiger charge is -2.41. The largest absolute Gasteiger partial charge is 0.481 e. The number of nitrogens with zero attached hydrogens (tertiary/aromatic N) is 3. The number of amides is 1. The van der Waals surface area contributed by atoms with Gasteiger partial charge in [-0.25, -0.2) is 18.2 Å². The number of aromatic nitrogens is 1. The lowest BCUT2D eigenvalue weighted by Crippen LogP contribution is -2.50. The number of alkyl halides is 3. The smallest absolute Gasteiger partial charge is 0.313 e. The number of rotatable bonds is 4. The van der Waals surface area contributed by atoms with Crippen LogP contribution < -0.4 is 0 Å². The van der Waals surface area contributed by atoms with Gasteiger partial charge in [0.25, 0.3) is 12.3 Å². The molecule has 2 aromatic rings. The van der Waals surface area contributed by atoms with Gasteiger partial charge in [0.1, 0.15) is 17.7 Å². The summed E-state index contributed by atoms with van der Waals surface area (Å²) >= 11 is 0. The molecule has 2 heterocycles. The molecule has 3 rings (SSSR count). The molecule has 1 aliphatic rings. The van der Waals surface area contributed by atoms with Crippen molar-refractivity contribution in [3.8, 4) is 6.07 Å². The Kier molecular flexibility index (Phi) is 4.81. The molecule has 1 aliphatic heterocycles. The molecule has 0 bridgehead atoms. The highest BCUT2D eigenvalue weighted by Gasteiger charge is 2.49. The molecule has 0 radical (unpaired) electrons. The number of nitriles is 1. The van der Waals surface area contributed by atoms with Gasteiger partial charge in [0.15, 0.2) is 0 Å². The van der Waals surface area contributed by atoms with Gasteiger partial charge in [0, 0.05) is 11.8 Å². The van der Waals surface area contributed by atoms with Gasteiger partial charge in [-0.2, -0.15) is 5.26 Å². The van der Waals surface area contributed by atoms with Gasteiger partial charge in [-0.1, -0.05) is 24.3 Å². The lowest BCUT2D eigenvalue weighted by molar-refractivity contribution is -0.142. The quantitative estimate of drug-likeness (QED) is 0.830. The Hall–Kier alpha value is -3.41. The number of carboxylic acid groups (broad SMARTS) is 1. The minimum Gasteiger partial charge on any atom is -0.481 e. The van der Waals surface area contributed by atoms with Crippen molar-refractivity contribution in [3.05, 3.63) is 65.0 Å². The highest BCUT2D eigenvalue weighted by molar-refractivity contribution is 6.00. The maximum Gasteiger partial charge on any atom is 0.313 e. The number of fused-ring (bicyclic) bond motifs is 1. The van der Waals surface area contributed by atoms with Crippen molar-refractivity contribution in [1.29, 1.82) is 5.26 Å². The standard InChI is InChI=1S/C18H12F3N3O3/c19-15(20)16(21)24-14(9-5-6-10(7-22)23-8-9)13(18(26)27)11-3-1-2-4-12(11)17(24)25/h1-6,8,13-16H,(H,26,27). The first-order valence-corrected chi connectivity index (χ1v) is 7.79. The molecular formula is C18H12F3N3O3. The summed E-state index contributed by atoms with van der Waals surface area (Å²) in [5, 5.41) is 18.6. The predicted molar refractivity (Wildman–Crippen MR) is 85.6 cm³/mol. The fourth-order valence-corrected chi connectivity index (χ4v) is 3.21. The summed E-state index contributed by atoms with van der Waals surface area (Å²) in [6, 6.07) is 8.34. The van der Waals surface area contributed by atoms with E-state index in [1.54, 1.807) is 6.07 Å². The zero-order valence-corrected chi connectivity index (χ0v) is 13.6. The molecule has 1 aromatic carbocycles. The summed E-state index contributed by atoms with van der Waals surface area (Å²) in [6.07, 6.45) is -5.44. The van der Waals surface area contributed by atoms with Crippen LogP contribution in [0.4, 0.5) is 13.2 Å². The van der Waals surface area contributed by atoms with Gasteiger partial charge in [0.05, 0.1) is 6.04 Å². The molecule has 138 valence electrons. The van der Waals surface area contributed by atoms with Crippen LogP contribution in [0.5, 0.6) is 0 Å². The van der Waals surface area contributed by atoms with Gasteiger partial charge < -0.3 is 5.11 Å². The van der Waals surface area contributed by atoms with Crippen molar-refractivity contribution in [3.63, 3.8) is 0 Å². The highest BCUT2D eigenvalue weighted by atomic mass is 19.3. The van der Waals surface area contributed by atoms with Gasteiger partial charge in [-0.05, 0) is 23.3 Å². The van der Waals surface area contributed by atoms with Gasteiger partial charge >= 0.3 is 5.97 Å². The van der Waals surface area contributed by atoms with E-state index in [9.17, 15) is 27.9 Å². The van der Waals surface area contributed by atoms with E-state index >= 15 is 0 Å². The number of carboxylic acids is 1. The molecule has 1 aromatic heterocycles. The second-order valence-corrected chi connectivity index (χ2v) is 5.86. The molecule has 0 saturated carbocycles. The monoisotopic (exact) mass is 375 g/mol. The Morgan fingerprint density at radius 2 is 1.93 bits per heavy atom. The third-order valence-electron chi connectivity index (χ3n) is 4.36. The molecule has 1 N–H and O–H groups in total. The number of hydrogen-bond acceptors (Lipinski definition) is 4. The second-order valence-electron chi connectivity index (χ2n) is 5.86. The number of pyridine rings is 1. The van der Waals surface area contributed by atoms with Crippen LogP contribution in [0.1, 0.15) is 39.1 Å². The maximum absolute atomic E-state index is 14.4. The minimum atomic E-state index is -3.53. The van der Waals surface area contributed by atoms with Gasteiger partial charge in [-0.15, -0.1) is 0 Å². The van der Waals surface area contributed by atoms with Crippen LogP contribution in [-0.2, 0) is 4.79 Å². The first kappa shape index (κ1) is 18.4. The Morgan fingerprint density at radius 3 is 2.48 bits per heavy atom. The molecule has 0 aliphatic carbocycles. The average molecular weight is 375 g/mol. The Labute approximate surface area is 151 Å². The van der Waals surface area contributed by atoms with E-state index in [0.29, 0.717) is 0 Å². The second kappa shape index (κ2) is 7.07. The summed E-state index contributed by atoms with van der Waals surface area (Å²) in [4.78, 5) is 28.7. The maximum atomic E-state index is 14.4. The summed E-state index contributed by atoms with van der Waals surface area (Å²) in [7, 11) is 0. The normalized spacial score (nSPS) is 20.1. The number of hydrogen-bond donors (Lipinski definition) is 1. The fraction of sp³-hybridized carbons (Fsp3) is 0.222. The summed E-state index contributed by atoms with van der Waals surface area (Å²) in [6.45, 7) is 0. The molecule has 0 fully saturated rings. The fourth-order valence-electron chi connectivity index (χ4n) is 3.21. The van der Waals surface area contributed by atoms with Crippen LogP contribution in [0.2, 0.25) is 0 Å². The average Bonchev–Trinajstić information content (AvgIpc) is 2.67.